The molecule has 0 aromatic heterocycles. The van der Waals surface area contributed by atoms with Crippen molar-refractivity contribution in [2.45, 2.75) is 39.0 Å². The largest absolute Gasteiger partial charge is 0.300 e. The van der Waals surface area contributed by atoms with E-state index < -0.39 is 0 Å². The third-order valence-electron chi connectivity index (χ3n) is 2.45. The number of hydrogen-bond acceptors (Lipinski definition) is 1. The zero-order valence-electron chi connectivity index (χ0n) is 9.13. The molecule has 15 heavy (non-hydrogen) atoms. The van der Waals surface area contributed by atoms with E-state index in [1.807, 2.05) is 13.0 Å². The minimum Gasteiger partial charge on any atom is -0.300 e. The Morgan fingerprint density at radius 1 is 1.33 bits per heavy atom. The summed E-state index contributed by atoms with van der Waals surface area (Å²) in [6.45, 7) is 1.93. The molecule has 1 rings (SSSR count). The molecule has 1 nitrogen and oxygen atoms in total. The fourth-order valence-corrected chi connectivity index (χ4v) is 1.97. The third kappa shape index (κ3) is 5.12. The first-order valence-electron chi connectivity index (χ1n) is 5.48. The fourth-order valence-electron chi connectivity index (χ4n) is 1.52. The van der Waals surface area contributed by atoms with Gasteiger partial charge in [-0.2, -0.15) is 0 Å². The van der Waals surface area contributed by atoms with Crippen LogP contribution in [-0.2, 0) is 11.2 Å². The summed E-state index contributed by atoms with van der Waals surface area (Å²) in [6.07, 6.45) is 4.60. The lowest BCUT2D eigenvalue weighted by atomic mass is 10.1. The average molecular weight is 269 g/mol. The number of Topliss-reactive ketones (excluding diaryl/α,β-unsaturated/α-hetero) is 1. The number of benzene rings is 1. The van der Waals surface area contributed by atoms with Gasteiger partial charge in [0.25, 0.3) is 0 Å². The second-order valence-electron chi connectivity index (χ2n) is 3.73. The SMILES string of the molecule is CCC(=O)CCCCc1cccc(Br)c1. The molecular weight excluding hydrogens is 252 g/mol. The predicted molar refractivity (Wildman–Crippen MR) is 67.0 cm³/mol. The molecule has 0 N–H and O–H groups in total. The highest BCUT2D eigenvalue weighted by atomic mass is 79.9. The molecule has 0 amide bonds. The monoisotopic (exact) mass is 268 g/mol. The summed E-state index contributed by atoms with van der Waals surface area (Å²) in [5.41, 5.74) is 1.34. The second kappa shape index (κ2) is 6.78. The van der Waals surface area contributed by atoms with E-state index in [9.17, 15) is 4.79 Å². The minimum absolute atomic E-state index is 0.379. The lowest BCUT2D eigenvalue weighted by Crippen LogP contribution is -1.95. The summed E-state index contributed by atoms with van der Waals surface area (Å²) in [5.74, 6) is 0.379. The number of carbonyl (C=O) groups is 1. The number of hydrogen-bond donors (Lipinski definition) is 0. The topological polar surface area (TPSA) is 17.1 Å². The van der Waals surface area contributed by atoms with Gasteiger partial charge in [-0.25, -0.2) is 0 Å². The smallest absolute Gasteiger partial charge is 0.132 e. The zero-order chi connectivity index (χ0) is 11.1. The van der Waals surface area contributed by atoms with Gasteiger partial charge in [0, 0.05) is 17.3 Å². The summed E-state index contributed by atoms with van der Waals surface area (Å²) < 4.78 is 1.13. The summed E-state index contributed by atoms with van der Waals surface area (Å²) in [7, 11) is 0. The van der Waals surface area contributed by atoms with Crippen molar-refractivity contribution in [3.63, 3.8) is 0 Å². The molecule has 0 saturated carbocycles. The number of halogens is 1. The van der Waals surface area contributed by atoms with Gasteiger partial charge in [0.15, 0.2) is 0 Å². The molecule has 0 bridgehead atoms. The Balaban J connectivity index is 2.23. The maximum atomic E-state index is 11.1. The van der Waals surface area contributed by atoms with Crippen molar-refractivity contribution in [2.24, 2.45) is 0 Å². The van der Waals surface area contributed by atoms with E-state index >= 15 is 0 Å². The number of aryl methyl sites for hydroxylation is 1. The first-order valence-corrected chi connectivity index (χ1v) is 6.28. The van der Waals surface area contributed by atoms with Crippen molar-refractivity contribution in [1.82, 2.24) is 0 Å². The molecule has 0 aliphatic rings. The van der Waals surface area contributed by atoms with Crippen LogP contribution in [0.2, 0.25) is 0 Å². The van der Waals surface area contributed by atoms with Gasteiger partial charge in [-0.05, 0) is 37.0 Å². The van der Waals surface area contributed by atoms with Crippen LogP contribution in [-0.4, -0.2) is 5.78 Å². The molecule has 0 unspecified atom stereocenters. The summed E-state index contributed by atoms with van der Waals surface area (Å²) >= 11 is 3.45. The van der Waals surface area contributed by atoms with Crippen molar-refractivity contribution in [1.29, 1.82) is 0 Å². The molecule has 0 radical (unpaired) electrons. The Hall–Kier alpha value is -0.630. The third-order valence-corrected chi connectivity index (χ3v) is 2.95. The molecule has 82 valence electrons. The lowest BCUT2D eigenvalue weighted by molar-refractivity contribution is -0.118. The maximum Gasteiger partial charge on any atom is 0.132 e. The van der Waals surface area contributed by atoms with Crippen molar-refractivity contribution in [3.05, 3.63) is 34.3 Å². The van der Waals surface area contributed by atoms with E-state index in [0.29, 0.717) is 12.2 Å². The highest BCUT2D eigenvalue weighted by Crippen LogP contribution is 2.14. The Morgan fingerprint density at radius 2 is 2.13 bits per heavy atom. The highest BCUT2D eigenvalue weighted by Gasteiger charge is 1.98. The van der Waals surface area contributed by atoms with Crippen LogP contribution in [0.1, 0.15) is 38.2 Å². The van der Waals surface area contributed by atoms with E-state index in [4.69, 9.17) is 0 Å². The molecule has 0 saturated heterocycles. The van der Waals surface area contributed by atoms with Crippen LogP contribution in [0, 0.1) is 0 Å². The van der Waals surface area contributed by atoms with E-state index in [2.05, 4.69) is 34.1 Å². The van der Waals surface area contributed by atoms with Gasteiger partial charge in [-0.1, -0.05) is 35.0 Å². The normalized spacial score (nSPS) is 10.3. The van der Waals surface area contributed by atoms with Gasteiger partial charge >= 0.3 is 0 Å². The second-order valence-corrected chi connectivity index (χ2v) is 4.64. The minimum atomic E-state index is 0.379. The van der Waals surface area contributed by atoms with Gasteiger partial charge in [-0.15, -0.1) is 0 Å². The zero-order valence-corrected chi connectivity index (χ0v) is 10.7. The first-order chi connectivity index (χ1) is 7.22. The van der Waals surface area contributed by atoms with Crippen molar-refractivity contribution in [2.75, 3.05) is 0 Å². The molecule has 2 heteroatoms. The lowest BCUT2D eigenvalue weighted by Gasteiger charge is -2.01. The van der Waals surface area contributed by atoms with Gasteiger partial charge in [-0.3, -0.25) is 4.79 Å². The van der Waals surface area contributed by atoms with Crippen LogP contribution in [0.4, 0.5) is 0 Å². The fraction of sp³-hybridized carbons (Fsp3) is 0.462. The van der Waals surface area contributed by atoms with Gasteiger partial charge in [0.05, 0.1) is 0 Å². The molecule has 0 aliphatic carbocycles. The van der Waals surface area contributed by atoms with Gasteiger partial charge < -0.3 is 0 Å². The molecule has 0 heterocycles. The molecule has 1 aromatic carbocycles. The van der Waals surface area contributed by atoms with Gasteiger partial charge in [0.1, 0.15) is 5.78 Å². The highest BCUT2D eigenvalue weighted by molar-refractivity contribution is 9.10. The van der Waals surface area contributed by atoms with E-state index in [-0.39, 0.29) is 0 Å². The number of rotatable bonds is 6. The van der Waals surface area contributed by atoms with Crippen LogP contribution in [0.25, 0.3) is 0 Å². The van der Waals surface area contributed by atoms with E-state index in [1.54, 1.807) is 0 Å². The summed E-state index contributed by atoms with van der Waals surface area (Å²) in [5, 5.41) is 0. The predicted octanol–water partition coefficient (Wildman–Crippen LogP) is 4.14. The molecule has 0 atom stereocenters. The Labute approximate surface area is 100 Å². The Bertz CT molecular complexity index is 320. The standard InChI is InChI=1S/C13H17BrO/c1-2-13(15)9-4-3-6-11-7-5-8-12(14)10-11/h5,7-8,10H,2-4,6,9H2,1H3. The molecule has 0 fully saturated rings. The first kappa shape index (κ1) is 12.4. The van der Waals surface area contributed by atoms with Crippen LogP contribution in [0.5, 0.6) is 0 Å². The quantitative estimate of drug-likeness (QED) is 0.709. The average Bonchev–Trinajstić information content (AvgIpc) is 2.24. The Kier molecular flexibility index (Phi) is 5.62. The van der Waals surface area contributed by atoms with Crippen LogP contribution >= 0.6 is 15.9 Å². The molecule has 0 aliphatic heterocycles. The van der Waals surface area contributed by atoms with Crippen molar-refractivity contribution >= 4 is 21.7 Å². The van der Waals surface area contributed by atoms with Crippen LogP contribution < -0.4 is 0 Å². The number of unbranched alkanes of at least 4 members (excludes halogenated alkanes) is 1. The molecule has 0 spiro atoms. The molecule has 1 aromatic rings. The van der Waals surface area contributed by atoms with E-state index in [1.165, 1.54) is 5.56 Å². The number of ketones is 1. The summed E-state index contributed by atoms with van der Waals surface area (Å²) in [4.78, 5) is 11.1. The van der Waals surface area contributed by atoms with Crippen molar-refractivity contribution < 1.29 is 4.79 Å². The maximum absolute atomic E-state index is 11.1. The number of carbonyl (C=O) groups excluding carboxylic acids is 1. The van der Waals surface area contributed by atoms with Crippen LogP contribution in [0.3, 0.4) is 0 Å². The van der Waals surface area contributed by atoms with Gasteiger partial charge in [0.2, 0.25) is 0 Å². The Morgan fingerprint density at radius 3 is 2.80 bits per heavy atom. The van der Waals surface area contributed by atoms with Crippen molar-refractivity contribution in [3.8, 4) is 0 Å². The van der Waals surface area contributed by atoms with Crippen LogP contribution in [0.15, 0.2) is 28.7 Å². The van der Waals surface area contributed by atoms with E-state index in [0.717, 1.165) is 30.2 Å². The molecular formula is C13H17BrO. The summed E-state index contributed by atoms with van der Waals surface area (Å²) in [6, 6.07) is 8.36.